The van der Waals surface area contributed by atoms with Crippen molar-refractivity contribution in [2.24, 2.45) is 0 Å². The van der Waals surface area contributed by atoms with Crippen LogP contribution in [0.15, 0.2) is 48.9 Å². The first-order valence-electron chi connectivity index (χ1n) is 7.58. The Kier molecular flexibility index (Phi) is 3.59. The molecular formula is C17H15N7. The first kappa shape index (κ1) is 14.3. The van der Waals surface area contributed by atoms with E-state index in [0.717, 1.165) is 28.5 Å². The van der Waals surface area contributed by atoms with Gasteiger partial charge in [-0.1, -0.05) is 0 Å². The van der Waals surface area contributed by atoms with E-state index in [0.29, 0.717) is 18.1 Å². The Bertz CT molecular complexity index is 957. The number of hydrogen-bond donors (Lipinski definition) is 2. The summed E-state index contributed by atoms with van der Waals surface area (Å²) in [5.41, 5.74) is 4.40. The highest BCUT2D eigenvalue weighted by Gasteiger charge is 2.08. The second kappa shape index (κ2) is 6.04. The number of aromatic nitrogens is 7. The maximum Gasteiger partial charge on any atom is 0.180 e. The van der Waals surface area contributed by atoms with Gasteiger partial charge in [0.25, 0.3) is 0 Å². The Morgan fingerprint density at radius 2 is 1.71 bits per heavy atom. The van der Waals surface area contributed by atoms with Crippen LogP contribution in [-0.4, -0.2) is 35.1 Å². The summed E-state index contributed by atoms with van der Waals surface area (Å²) in [6.07, 6.45) is 5.97. The number of aryl methyl sites for hydroxylation is 1. The summed E-state index contributed by atoms with van der Waals surface area (Å²) in [5.74, 6) is 1.28. The van der Waals surface area contributed by atoms with Crippen molar-refractivity contribution in [2.45, 2.75) is 13.3 Å². The zero-order valence-electron chi connectivity index (χ0n) is 13.1. The highest BCUT2D eigenvalue weighted by Crippen LogP contribution is 2.15. The van der Waals surface area contributed by atoms with Crippen molar-refractivity contribution in [3.63, 3.8) is 0 Å². The minimum absolute atomic E-state index is 0.606. The van der Waals surface area contributed by atoms with Gasteiger partial charge in [0.05, 0.1) is 17.1 Å². The van der Waals surface area contributed by atoms with E-state index >= 15 is 0 Å². The summed E-state index contributed by atoms with van der Waals surface area (Å²) < 4.78 is 0. The fourth-order valence-corrected chi connectivity index (χ4v) is 2.43. The van der Waals surface area contributed by atoms with Crippen LogP contribution >= 0.6 is 0 Å². The molecule has 0 aliphatic rings. The quantitative estimate of drug-likeness (QED) is 0.603. The summed E-state index contributed by atoms with van der Waals surface area (Å²) in [5, 5.41) is 7.11. The molecule has 4 aromatic heterocycles. The topological polar surface area (TPSA) is 96.0 Å². The van der Waals surface area contributed by atoms with Crippen LogP contribution in [0.1, 0.15) is 17.1 Å². The molecule has 0 aromatic carbocycles. The smallest absolute Gasteiger partial charge is 0.180 e. The number of hydrogen-bond acceptors (Lipinski definition) is 5. The lowest BCUT2D eigenvalue weighted by Gasteiger charge is -2.04. The van der Waals surface area contributed by atoms with Gasteiger partial charge in [0, 0.05) is 30.7 Å². The highest BCUT2D eigenvalue weighted by molar-refractivity contribution is 5.50. The Hall–Kier alpha value is -3.35. The number of H-pyrrole nitrogens is 2. The van der Waals surface area contributed by atoms with E-state index in [1.165, 1.54) is 0 Å². The minimum atomic E-state index is 0.606. The molecule has 4 heterocycles. The molecule has 0 aliphatic carbocycles. The molecule has 0 amide bonds. The van der Waals surface area contributed by atoms with Gasteiger partial charge in [0.2, 0.25) is 0 Å². The van der Waals surface area contributed by atoms with Crippen LogP contribution in [0.25, 0.3) is 23.0 Å². The van der Waals surface area contributed by atoms with Crippen molar-refractivity contribution in [3.8, 4) is 23.0 Å². The fourth-order valence-electron chi connectivity index (χ4n) is 2.43. The zero-order valence-corrected chi connectivity index (χ0v) is 13.1. The predicted octanol–water partition coefficient (Wildman–Crippen LogP) is 2.55. The van der Waals surface area contributed by atoms with E-state index in [-0.39, 0.29) is 0 Å². The molecule has 7 nitrogen and oxygen atoms in total. The van der Waals surface area contributed by atoms with Gasteiger partial charge in [0.1, 0.15) is 5.69 Å². The standard InChI is InChI=1S/C17H15N7/c1-11-9-15(24-23-11)17-20-8-5-13(22-17)10-12-4-7-19-16(21-12)14-3-2-6-18-14/h2-9,18H,10H2,1H3,(H,23,24). The maximum absolute atomic E-state index is 4.59. The van der Waals surface area contributed by atoms with Gasteiger partial charge in [0.15, 0.2) is 11.6 Å². The summed E-state index contributed by atoms with van der Waals surface area (Å²) >= 11 is 0. The van der Waals surface area contributed by atoms with Crippen molar-refractivity contribution in [1.82, 2.24) is 35.1 Å². The largest absolute Gasteiger partial charge is 0.359 e. The van der Waals surface area contributed by atoms with E-state index < -0.39 is 0 Å². The van der Waals surface area contributed by atoms with Crippen LogP contribution in [-0.2, 0) is 6.42 Å². The minimum Gasteiger partial charge on any atom is -0.359 e. The zero-order chi connectivity index (χ0) is 16.4. The van der Waals surface area contributed by atoms with Crippen LogP contribution in [0.5, 0.6) is 0 Å². The molecule has 0 bridgehead atoms. The predicted molar refractivity (Wildman–Crippen MR) is 89.0 cm³/mol. The highest BCUT2D eigenvalue weighted by atomic mass is 15.1. The van der Waals surface area contributed by atoms with E-state index in [1.807, 2.05) is 43.5 Å². The van der Waals surface area contributed by atoms with Crippen molar-refractivity contribution >= 4 is 0 Å². The third-order valence-electron chi connectivity index (χ3n) is 3.56. The lowest BCUT2D eigenvalue weighted by atomic mass is 10.2. The number of aromatic amines is 2. The van der Waals surface area contributed by atoms with Gasteiger partial charge in [-0.05, 0) is 37.3 Å². The molecule has 0 atom stereocenters. The Morgan fingerprint density at radius 1 is 0.958 bits per heavy atom. The van der Waals surface area contributed by atoms with Crippen LogP contribution in [0.4, 0.5) is 0 Å². The Morgan fingerprint density at radius 3 is 2.38 bits per heavy atom. The first-order valence-corrected chi connectivity index (χ1v) is 7.58. The third-order valence-corrected chi connectivity index (χ3v) is 3.56. The molecule has 0 unspecified atom stereocenters. The molecule has 0 saturated heterocycles. The second-order valence-electron chi connectivity index (χ2n) is 5.44. The molecule has 24 heavy (non-hydrogen) atoms. The van der Waals surface area contributed by atoms with Crippen LogP contribution in [0.3, 0.4) is 0 Å². The molecule has 4 aromatic rings. The van der Waals surface area contributed by atoms with Gasteiger partial charge in [-0.15, -0.1) is 0 Å². The van der Waals surface area contributed by atoms with Crippen LogP contribution < -0.4 is 0 Å². The van der Waals surface area contributed by atoms with Gasteiger partial charge >= 0.3 is 0 Å². The number of rotatable bonds is 4. The van der Waals surface area contributed by atoms with Crippen LogP contribution in [0, 0.1) is 6.92 Å². The maximum atomic E-state index is 4.59. The number of nitrogens with zero attached hydrogens (tertiary/aromatic N) is 5. The summed E-state index contributed by atoms with van der Waals surface area (Å²) in [6.45, 7) is 1.95. The Balaban J connectivity index is 1.61. The summed E-state index contributed by atoms with van der Waals surface area (Å²) in [4.78, 5) is 20.9. The molecule has 0 fully saturated rings. The molecule has 0 radical (unpaired) electrons. The molecule has 4 rings (SSSR count). The van der Waals surface area contributed by atoms with E-state index in [4.69, 9.17) is 0 Å². The number of nitrogens with one attached hydrogen (secondary N) is 2. The van der Waals surface area contributed by atoms with Gasteiger partial charge in [-0.3, -0.25) is 5.10 Å². The molecular weight excluding hydrogens is 302 g/mol. The molecule has 0 spiro atoms. The third kappa shape index (κ3) is 2.91. The van der Waals surface area contributed by atoms with Crippen molar-refractivity contribution in [2.75, 3.05) is 0 Å². The monoisotopic (exact) mass is 317 g/mol. The normalized spacial score (nSPS) is 10.9. The molecule has 7 heteroatoms. The lowest BCUT2D eigenvalue weighted by Crippen LogP contribution is -2.00. The molecule has 118 valence electrons. The lowest BCUT2D eigenvalue weighted by molar-refractivity contribution is 0.964. The second-order valence-corrected chi connectivity index (χ2v) is 5.44. The van der Waals surface area contributed by atoms with E-state index in [2.05, 4.69) is 35.1 Å². The molecule has 0 saturated carbocycles. The van der Waals surface area contributed by atoms with Crippen LogP contribution in [0.2, 0.25) is 0 Å². The van der Waals surface area contributed by atoms with Crippen molar-refractivity contribution in [3.05, 3.63) is 66.0 Å². The molecule has 2 N–H and O–H groups in total. The van der Waals surface area contributed by atoms with E-state index in [1.54, 1.807) is 12.4 Å². The SMILES string of the molecule is Cc1cc(-c2nccc(Cc3ccnc(-c4ccc[nH]4)n3)n2)n[nH]1. The average Bonchev–Trinajstić information content (AvgIpc) is 3.27. The average molecular weight is 317 g/mol. The van der Waals surface area contributed by atoms with Crippen molar-refractivity contribution in [1.29, 1.82) is 0 Å². The van der Waals surface area contributed by atoms with Gasteiger partial charge < -0.3 is 4.98 Å². The van der Waals surface area contributed by atoms with Crippen molar-refractivity contribution < 1.29 is 0 Å². The Labute approximate surface area is 138 Å². The fraction of sp³-hybridized carbons (Fsp3) is 0.118. The van der Waals surface area contributed by atoms with Gasteiger partial charge in [-0.2, -0.15) is 5.10 Å². The first-order chi connectivity index (χ1) is 11.8. The summed E-state index contributed by atoms with van der Waals surface area (Å²) in [7, 11) is 0. The summed E-state index contributed by atoms with van der Waals surface area (Å²) in [6, 6.07) is 9.58. The molecule has 0 aliphatic heterocycles. The van der Waals surface area contributed by atoms with Gasteiger partial charge in [-0.25, -0.2) is 19.9 Å². The van der Waals surface area contributed by atoms with E-state index in [9.17, 15) is 0 Å².